The normalized spacial score (nSPS) is 18.0. The van der Waals surface area contributed by atoms with Crippen LogP contribution in [-0.4, -0.2) is 13.1 Å². The van der Waals surface area contributed by atoms with Crippen molar-refractivity contribution in [3.8, 4) is 0 Å². The van der Waals surface area contributed by atoms with Gasteiger partial charge in [0.15, 0.2) is 0 Å². The molecule has 1 nitrogen and oxygen atoms in total. The molecular weight excluding hydrogens is 232 g/mol. The number of benzene rings is 1. The number of rotatable bonds is 2. The molecule has 1 fully saturated rings. The molecule has 0 unspecified atom stereocenters. The van der Waals surface area contributed by atoms with Gasteiger partial charge in [-0.3, -0.25) is 0 Å². The van der Waals surface area contributed by atoms with Crippen molar-refractivity contribution in [3.05, 3.63) is 34.3 Å². The summed E-state index contributed by atoms with van der Waals surface area (Å²) in [6, 6.07) is 5.01. The molecule has 0 atom stereocenters. The van der Waals surface area contributed by atoms with Gasteiger partial charge in [0.25, 0.3) is 6.43 Å². The molecule has 0 bridgehead atoms. The Morgan fingerprint density at radius 1 is 1.25 bits per heavy atom. The molecule has 0 aromatic heterocycles. The van der Waals surface area contributed by atoms with E-state index in [4.69, 9.17) is 11.6 Å². The minimum Gasteiger partial charge on any atom is -0.317 e. The molecule has 0 saturated carbocycles. The van der Waals surface area contributed by atoms with Crippen molar-refractivity contribution in [1.29, 1.82) is 0 Å². The average molecular weight is 246 g/mol. The molecule has 1 saturated heterocycles. The molecular formula is C12H14ClF2N. The summed E-state index contributed by atoms with van der Waals surface area (Å²) in [4.78, 5) is 0. The summed E-state index contributed by atoms with van der Waals surface area (Å²) in [5.74, 6) is 0.385. The minimum atomic E-state index is -2.49. The number of piperidine rings is 1. The number of halogens is 3. The lowest BCUT2D eigenvalue weighted by Gasteiger charge is -2.23. The van der Waals surface area contributed by atoms with Crippen LogP contribution in [0.15, 0.2) is 18.2 Å². The van der Waals surface area contributed by atoms with Gasteiger partial charge in [-0.2, -0.15) is 0 Å². The maximum Gasteiger partial charge on any atom is 0.265 e. The van der Waals surface area contributed by atoms with Gasteiger partial charge in [-0.1, -0.05) is 17.7 Å². The van der Waals surface area contributed by atoms with Gasteiger partial charge in [0.2, 0.25) is 0 Å². The second kappa shape index (κ2) is 5.11. The molecule has 0 aliphatic carbocycles. The van der Waals surface area contributed by atoms with E-state index in [1.54, 1.807) is 12.1 Å². The van der Waals surface area contributed by atoms with Crippen molar-refractivity contribution in [2.24, 2.45) is 0 Å². The second-order valence-corrected chi connectivity index (χ2v) is 4.51. The first kappa shape index (κ1) is 11.8. The van der Waals surface area contributed by atoms with Gasteiger partial charge in [-0.15, -0.1) is 0 Å². The van der Waals surface area contributed by atoms with E-state index in [0.29, 0.717) is 5.92 Å². The van der Waals surface area contributed by atoms with Crippen molar-refractivity contribution in [1.82, 2.24) is 5.32 Å². The van der Waals surface area contributed by atoms with Crippen LogP contribution in [-0.2, 0) is 0 Å². The highest BCUT2D eigenvalue weighted by Gasteiger charge is 2.18. The van der Waals surface area contributed by atoms with E-state index in [1.807, 2.05) is 6.07 Å². The fraction of sp³-hybridized carbons (Fsp3) is 0.500. The van der Waals surface area contributed by atoms with E-state index in [2.05, 4.69) is 5.32 Å². The van der Waals surface area contributed by atoms with E-state index in [1.165, 1.54) is 0 Å². The zero-order chi connectivity index (χ0) is 11.5. The molecule has 0 spiro atoms. The molecule has 88 valence electrons. The Morgan fingerprint density at radius 3 is 2.56 bits per heavy atom. The summed E-state index contributed by atoms with van der Waals surface area (Å²) >= 11 is 5.74. The van der Waals surface area contributed by atoms with Gasteiger partial charge in [0.1, 0.15) is 0 Å². The molecule has 1 heterocycles. The Hall–Kier alpha value is -0.670. The highest BCUT2D eigenvalue weighted by Crippen LogP contribution is 2.32. The van der Waals surface area contributed by atoms with Crippen LogP contribution in [0.25, 0.3) is 0 Å². The lowest BCUT2D eigenvalue weighted by Crippen LogP contribution is -2.26. The first-order chi connectivity index (χ1) is 7.68. The second-order valence-electron chi connectivity index (χ2n) is 4.11. The smallest absolute Gasteiger partial charge is 0.265 e. The minimum absolute atomic E-state index is 0.0438. The maximum atomic E-state index is 12.7. The van der Waals surface area contributed by atoms with Crippen LogP contribution in [0.4, 0.5) is 8.78 Å². The van der Waals surface area contributed by atoms with Crippen LogP contribution >= 0.6 is 11.6 Å². The van der Waals surface area contributed by atoms with E-state index in [9.17, 15) is 8.78 Å². The maximum absolute atomic E-state index is 12.7. The molecule has 0 radical (unpaired) electrons. The van der Waals surface area contributed by atoms with Crippen LogP contribution in [0, 0.1) is 0 Å². The van der Waals surface area contributed by atoms with E-state index < -0.39 is 6.43 Å². The molecule has 0 amide bonds. The van der Waals surface area contributed by atoms with E-state index in [0.717, 1.165) is 31.5 Å². The van der Waals surface area contributed by atoms with Crippen LogP contribution in [0.5, 0.6) is 0 Å². The largest absolute Gasteiger partial charge is 0.317 e. The summed E-state index contributed by atoms with van der Waals surface area (Å²) in [5.41, 5.74) is 0.943. The van der Waals surface area contributed by atoms with E-state index in [-0.39, 0.29) is 10.6 Å². The predicted molar refractivity (Wildman–Crippen MR) is 61.3 cm³/mol. The first-order valence-corrected chi connectivity index (χ1v) is 5.84. The van der Waals surface area contributed by atoms with Gasteiger partial charge in [0, 0.05) is 10.6 Å². The zero-order valence-electron chi connectivity index (χ0n) is 8.85. The SMILES string of the molecule is FC(F)c1cc(C2CCNCC2)ccc1Cl. The molecule has 4 heteroatoms. The Kier molecular flexibility index (Phi) is 3.77. The third-order valence-electron chi connectivity index (χ3n) is 3.07. The quantitative estimate of drug-likeness (QED) is 0.837. The number of nitrogens with one attached hydrogen (secondary N) is 1. The van der Waals surface area contributed by atoms with Crippen molar-refractivity contribution >= 4 is 11.6 Å². The molecule has 2 rings (SSSR count). The van der Waals surface area contributed by atoms with Gasteiger partial charge in [0.05, 0.1) is 0 Å². The molecule has 1 aromatic rings. The Balaban J connectivity index is 2.24. The highest BCUT2D eigenvalue weighted by molar-refractivity contribution is 6.31. The topological polar surface area (TPSA) is 12.0 Å². The Bertz CT molecular complexity index is 362. The van der Waals surface area contributed by atoms with Crippen LogP contribution < -0.4 is 5.32 Å². The monoisotopic (exact) mass is 245 g/mol. The van der Waals surface area contributed by atoms with Gasteiger partial charge in [-0.05, 0) is 49.5 Å². The Morgan fingerprint density at radius 2 is 1.94 bits per heavy atom. The summed E-state index contributed by atoms with van der Waals surface area (Å²) in [5, 5.41) is 3.42. The zero-order valence-corrected chi connectivity index (χ0v) is 9.61. The van der Waals surface area contributed by atoms with Crippen molar-refractivity contribution in [2.45, 2.75) is 25.2 Å². The highest BCUT2D eigenvalue weighted by atomic mass is 35.5. The predicted octanol–water partition coefficient (Wildman–Crippen LogP) is 3.74. The van der Waals surface area contributed by atoms with Crippen molar-refractivity contribution in [3.63, 3.8) is 0 Å². The van der Waals surface area contributed by atoms with Crippen LogP contribution in [0.1, 0.15) is 36.3 Å². The third-order valence-corrected chi connectivity index (χ3v) is 3.41. The fourth-order valence-electron chi connectivity index (χ4n) is 2.14. The van der Waals surface area contributed by atoms with Crippen LogP contribution in [0.2, 0.25) is 5.02 Å². The number of hydrogen-bond acceptors (Lipinski definition) is 1. The molecule has 16 heavy (non-hydrogen) atoms. The van der Waals surface area contributed by atoms with E-state index >= 15 is 0 Å². The van der Waals surface area contributed by atoms with Gasteiger partial charge >= 0.3 is 0 Å². The summed E-state index contributed by atoms with van der Waals surface area (Å²) in [6.07, 6.45) is -0.483. The Labute approximate surface area is 98.8 Å². The third kappa shape index (κ3) is 2.53. The summed E-state index contributed by atoms with van der Waals surface area (Å²) in [7, 11) is 0. The van der Waals surface area contributed by atoms with Crippen molar-refractivity contribution in [2.75, 3.05) is 13.1 Å². The number of alkyl halides is 2. The summed E-state index contributed by atoms with van der Waals surface area (Å²) < 4.78 is 25.4. The number of hydrogen-bond donors (Lipinski definition) is 1. The lowest BCUT2D eigenvalue weighted by molar-refractivity contribution is 0.151. The van der Waals surface area contributed by atoms with Gasteiger partial charge in [-0.25, -0.2) is 8.78 Å². The standard InChI is InChI=1S/C12H14ClF2N/c13-11-2-1-9(7-10(11)12(14)15)8-3-5-16-6-4-8/h1-2,7-8,12,16H,3-6H2. The first-order valence-electron chi connectivity index (χ1n) is 5.46. The summed E-state index contributed by atoms with van der Waals surface area (Å²) in [6.45, 7) is 1.91. The lowest BCUT2D eigenvalue weighted by atomic mass is 9.89. The molecule has 1 aromatic carbocycles. The van der Waals surface area contributed by atoms with Gasteiger partial charge < -0.3 is 5.32 Å². The van der Waals surface area contributed by atoms with Crippen molar-refractivity contribution < 1.29 is 8.78 Å². The van der Waals surface area contributed by atoms with Crippen LogP contribution in [0.3, 0.4) is 0 Å². The average Bonchev–Trinajstić information content (AvgIpc) is 2.30. The fourth-order valence-corrected chi connectivity index (χ4v) is 2.34. The molecule has 1 aliphatic rings. The molecule has 1 aliphatic heterocycles. The molecule has 1 N–H and O–H groups in total.